The number of aryl methyl sites for hydroxylation is 1. The number of H-pyrrole nitrogens is 1. The van der Waals surface area contributed by atoms with Crippen molar-refractivity contribution in [1.82, 2.24) is 15.3 Å². The molecule has 0 spiro atoms. The average Bonchev–Trinajstić information content (AvgIpc) is 3.08. The molecule has 1 amide bonds. The van der Waals surface area contributed by atoms with Crippen LogP contribution in [-0.2, 0) is 29.1 Å². The van der Waals surface area contributed by atoms with Crippen LogP contribution in [0, 0.1) is 5.82 Å². The molecule has 0 aliphatic carbocycles. The van der Waals surface area contributed by atoms with Crippen LogP contribution in [-0.4, -0.2) is 29.1 Å². The maximum Gasteiger partial charge on any atom is 0.246 e. The zero-order valence-corrected chi connectivity index (χ0v) is 14.8. The van der Waals surface area contributed by atoms with Gasteiger partial charge in [0, 0.05) is 6.54 Å². The van der Waals surface area contributed by atoms with Crippen molar-refractivity contribution < 1.29 is 18.7 Å². The van der Waals surface area contributed by atoms with Gasteiger partial charge < -0.3 is 19.8 Å². The van der Waals surface area contributed by atoms with Crippen LogP contribution in [0.3, 0.4) is 0 Å². The number of nitrogens with one attached hydrogen (secondary N) is 2. The number of aromatic nitrogens is 2. The summed E-state index contributed by atoms with van der Waals surface area (Å²) in [6.07, 6.45) is 2.02. The number of nitrogens with zero attached hydrogens (tertiary/aromatic N) is 1. The van der Waals surface area contributed by atoms with Crippen molar-refractivity contribution >= 4 is 16.9 Å². The largest absolute Gasteiger partial charge is 0.493 e. The summed E-state index contributed by atoms with van der Waals surface area (Å²) in [6.45, 7) is 1.29. The van der Waals surface area contributed by atoms with Gasteiger partial charge in [-0.2, -0.15) is 0 Å². The van der Waals surface area contributed by atoms with Gasteiger partial charge in [0.1, 0.15) is 30.6 Å². The molecule has 0 radical (unpaired) electrons. The summed E-state index contributed by atoms with van der Waals surface area (Å²) in [4.78, 5) is 19.2. The van der Waals surface area contributed by atoms with Gasteiger partial charge in [0.2, 0.25) is 5.91 Å². The molecule has 0 unspecified atom stereocenters. The van der Waals surface area contributed by atoms with E-state index in [4.69, 9.17) is 9.47 Å². The third-order valence-electron chi connectivity index (χ3n) is 4.43. The second-order valence-electron chi connectivity index (χ2n) is 6.51. The summed E-state index contributed by atoms with van der Waals surface area (Å²) in [5.41, 5.74) is 3.49. The number of carbonyl (C=O) groups excluding carboxylic acids is 1. The highest BCUT2D eigenvalue weighted by Crippen LogP contribution is 2.25. The monoisotopic (exact) mass is 369 g/mol. The number of ether oxygens (including phenoxy) is 2. The molecule has 140 valence electrons. The lowest BCUT2D eigenvalue weighted by Crippen LogP contribution is -2.27. The quantitative estimate of drug-likeness (QED) is 0.701. The topological polar surface area (TPSA) is 76.2 Å². The maximum atomic E-state index is 13.2. The highest BCUT2D eigenvalue weighted by atomic mass is 19.1. The van der Waals surface area contributed by atoms with Gasteiger partial charge in [0.15, 0.2) is 0 Å². The van der Waals surface area contributed by atoms with Crippen molar-refractivity contribution in [3.8, 4) is 5.75 Å². The Hall–Kier alpha value is -2.93. The van der Waals surface area contributed by atoms with Crippen molar-refractivity contribution in [3.05, 3.63) is 59.2 Å². The number of benzene rings is 2. The van der Waals surface area contributed by atoms with Crippen LogP contribution < -0.4 is 10.1 Å². The van der Waals surface area contributed by atoms with E-state index < -0.39 is 0 Å². The second kappa shape index (κ2) is 7.75. The van der Waals surface area contributed by atoms with E-state index in [2.05, 4.69) is 21.4 Å². The van der Waals surface area contributed by atoms with Crippen molar-refractivity contribution in [2.45, 2.75) is 26.0 Å². The Morgan fingerprint density at radius 2 is 2.22 bits per heavy atom. The number of imidazole rings is 1. The van der Waals surface area contributed by atoms with Gasteiger partial charge in [-0.05, 0) is 48.2 Å². The fourth-order valence-corrected chi connectivity index (χ4v) is 3.12. The average molecular weight is 369 g/mol. The fourth-order valence-electron chi connectivity index (χ4n) is 3.12. The van der Waals surface area contributed by atoms with Crippen LogP contribution in [0.1, 0.15) is 23.4 Å². The lowest BCUT2D eigenvalue weighted by Gasteiger charge is -2.18. The summed E-state index contributed by atoms with van der Waals surface area (Å²) < 4.78 is 24.2. The summed E-state index contributed by atoms with van der Waals surface area (Å²) in [5.74, 6) is 0.960. The third kappa shape index (κ3) is 4.25. The van der Waals surface area contributed by atoms with E-state index in [1.807, 2.05) is 12.1 Å². The van der Waals surface area contributed by atoms with Gasteiger partial charge in [-0.3, -0.25) is 4.79 Å². The van der Waals surface area contributed by atoms with E-state index in [1.165, 1.54) is 17.7 Å². The smallest absolute Gasteiger partial charge is 0.246 e. The van der Waals surface area contributed by atoms with Crippen LogP contribution in [0.25, 0.3) is 11.0 Å². The van der Waals surface area contributed by atoms with E-state index in [0.717, 1.165) is 30.8 Å². The molecule has 7 heteroatoms. The highest BCUT2D eigenvalue weighted by molar-refractivity contribution is 5.77. The van der Waals surface area contributed by atoms with Crippen LogP contribution in [0.4, 0.5) is 4.39 Å². The SMILES string of the molecule is O=C(COCc1nc2ccc(F)cc2[nH]1)NCc1ccc2c(c1)CCCO2. The Bertz CT molecular complexity index is 970. The lowest BCUT2D eigenvalue weighted by molar-refractivity contribution is -0.126. The number of aromatic amines is 1. The summed E-state index contributed by atoms with van der Waals surface area (Å²) in [5, 5.41) is 2.84. The lowest BCUT2D eigenvalue weighted by atomic mass is 10.0. The van der Waals surface area contributed by atoms with Crippen molar-refractivity contribution in [2.75, 3.05) is 13.2 Å². The first kappa shape index (κ1) is 17.5. The first-order valence-electron chi connectivity index (χ1n) is 8.90. The first-order valence-corrected chi connectivity index (χ1v) is 8.90. The molecule has 3 aromatic rings. The number of fused-ring (bicyclic) bond motifs is 2. The van der Waals surface area contributed by atoms with Crippen molar-refractivity contribution in [3.63, 3.8) is 0 Å². The number of halogens is 1. The van der Waals surface area contributed by atoms with Gasteiger partial charge in [-0.1, -0.05) is 12.1 Å². The molecule has 0 bridgehead atoms. The minimum Gasteiger partial charge on any atom is -0.493 e. The van der Waals surface area contributed by atoms with Crippen LogP contribution in [0.2, 0.25) is 0 Å². The fraction of sp³-hybridized carbons (Fsp3) is 0.300. The van der Waals surface area contributed by atoms with Gasteiger partial charge in [-0.25, -0.2) is 9.37 Å². The maximum absolute atomic E-state index is 13.2. The molecule has 2 heterocycles. The number of carbonyl (C=O) groups is 1. The van der Waals surface area contributed by atoms with Crippen LogP contribution in [0.15, 0.2) is 36.4 Å². The molecule has 1 aromatic heterocycles. The third-order valence-corrected chi connectivity index (χ3v) is 4.43. The van der Waals surface area contributed by atoms with Gasteiger partial charge in [0.25, 0.3) is 0 Å². The van der Waals surface area contributed by atoms with E-state index in [9.17, 15) is 9.18 Å². The molecular weight excluding hydrogens is 349 g/mol. The van der Waals surface area contributed by atoms with E-state index in [1.54, 1.807) is 6.07 Å². The van der Waals surface area contributed by atoms with Crippen molar-refractivity contribution in [1.29, 1.82) is 0 Å². The predicted octanol–water partition coefficient (Wildman–Crippen LogP) is 2.86. The normalized spacial score (nSPS) is 13.2. The molecular formula is C20H20FN3O3. The van der Waals surface area contributed by atoms with Crippen LogP contribution >= 0.6 is 0 Å². The summed E-state index contributed by atoms with van der Waals surface area (Å²) in [7, 11) is 0. The summed E-state index contributed by atoms with van der Waals surface area (Å²) >= 11 is 0. The number of hydrogen-bond acceptors (Lipinski definition) is 4. The first-order chi connectivity index (χ1) is 13.2. The second-order valence-corrected chi connectivity index (χ2v) is 6.51. The number of hydrogen-bond donors (Lipinski definition) is 2. The number of amides is 1. The van der Waals surface area contributed by atoms with Gasteiger partial charge in [-0.15, -0.1) is 0 Å². The predicted molar refractivity (Wildman–Crippen MR) is 97.8 cm³/mol. The molecule has 2 aromatic carbocycles. The molecule has 27 heavy (non-hydrogen) atoms. The zero-order valence-electron chi connectivity index (χ0n) is 14.8. The molecule has 4 rings (SSSR count). The Morgan fingerprint density at radius 1 is 1.30 bits per heavy atom. The molecule has 0 atom stereocenters. The Labute approximate surface area is 155 Å². The van der Waals surface area contributed by atoms with E-state index in [-0.39, 0.29) is 24.9 Å². The Kier molecular flexibility index (Phi) is 5.02. The molecule has 1 aliphatic rings. The summed E-state index contributed by atoms with van der Waals surface area (Å²) in [6, 6.07) is 10.3. The minimum atomic E-state index is -0.327. The van der Waals surface area contributed by atoms with Crippen molar-refractivity contribution in [2.24, 2.45) is 0 Å². The molecule has 0 saturated heterocycles. The molecule has 1 aliphatic heterocycles. The molecule has 0 fully saturated rings. The Balaban J connectivity index is 1.24. The standard InChI is InChI=1S/C20H20FN3O3/c21-15-4-5-16-17(9-15)24-19(23-16)11-26-12-20(25)22-10-13-3-6-18-14(8-13)2-1-7-27-18/h3-6,8-9H,1-2,7,10-12H2,(H,22,25)(H,23,24). The minimum absolute atomic E-state index is 0.0700. The zero-order chi connectivity index (χ0) is 18.6. The molecule has 0 saturated carbocycles. The van der Waals surface area contributed by atoms with E-state index >= 15 is 0 Å². The number of rotatable bonds is 6. The Morgan fingerprint density at radius 3 is 3.15 bits per heavy atom. The molecule has 2 N–H and O–H groups in total. The van der Waals surface area contributed by atoms with E-state index in [0.29, 0.717) is 23.4 Å². The van der Waals surface area contributed by atoms with Crippen LogP contribution in [0.5, 0.6) is 5.75 Å². The highest BCUT2D eigenvalue weighted by Gasteiger charge is 2.11. The van der Waals surface area contributed by atoms with Gasteiger partial charge >= 0.3 is 0 Å². The van der Waals surface area contributed by atoms with Gasteiger partial charge in [0.05, 0.1) is 17.6 Å². The molecule has 6 nitrogen and oxygen atoms in total.